The van der Waals surface area contributed by atoms with Crippen LogP contribution in [0.3, 0.4) is 0 Å². The quantitative estimate of drug-likeness (QED) is 0.823. The van der Waals surface area contributed by atoms with E-state index < -0.39 is 6.43 Å². The zero-order valence-electron chi connectivity index (χ0n) is 9.15. The van der Waals surface area contributed by atoms with Crippen molar-refractivity contribution in [2.75, 3.05) is 0 Å². The van der Waals surface area contributed by atoms with Gasteiger partial charge in [-0.25, -0.2) is 8.78 Å². The summed E-state index contributed by atoms with van der Waals surface area (Å²) in [6.07, 6.45) is -2.72. The van der Waals surface area contributed by atoms with Gasteiger partial charge in [-0.2, -0.15) is 5.26 Å². The minimum absolute atomic E-state index is 0.0363. The molecule has 0 bridgehead atoms. The predicted molar refractivity (Wildman–Crippen MR) is 66.7 cm³/mol. The second kappa shape index (κ2) is 5.07. The van der Waals surface area contributed by atoms with Gasteiger partial charge in [0.2, 0.25) is 0 Å². The summed E-state index contributed by atoms with van der Waals surface area (Å²) in [4.78, 5) is 2.80. The van der Waals surface area contributed by atoms with Crippen molar-refractivity contribution in [1.29, 1.82) is 5.26 Å². The lowest BCUT2D eigenvalue weighted by Gasteiger charge is -2.07. The molecule has 2 aromatic rings. The number of rotatable bonds is 2. The van der Waals surface area contributed by atoms with Gasteiger partial charge in [-0.1, -0.05) is 42.5 Å². The highest BCUT2D eigenvalue weighted by molar-refractivity contribution is 7.71. The topological polar surface area (TPSA) is 39.6 Å². The number of aromatic amines is 1. The van der Waals surface area contributed by atoms with Gasteiger partial charge in [0.25, 0.3) is 6.43 Å². The molecule has 0 atom stereocenters. The lowest BCUT2D eigenvalue weighted by molar-refractivity contribution is 0.151. The molecule has 0 spiro atoms. The zero-order valence-corrected chi connectivity index (χ0v) is 9.97. The van der Waals surface area contributed by atoms with Crippen LogP contribution in [-0.4, -0.2) is 4.98 Å². The summed E-state index contributed by atoms with van der Waals surface area (Å²) in [5.74, 6) is 0. The Balaban J connectivity index is 2.67. The molecule has 0 aliphatic carbocycles. The SMILES string of the molecule is N#Cc1c(C(F)F)cc(-c2ccccc2)[nH]c1=S. The van der Waals surface area contributed by atoms with E-state index in [1.54, 1.807) is 30.3 Å². The van der Waals surface area contributed by atoms with Crippen LogP contribution in [0.1, 0.15) is 17.6 Å². The molecule has 1 aromatic carbocycles. The van der Waals surface area contributed by atoms with Crippen molar-refractivity contribution in [1.82, 2.24) is 4.98 Å². The number of H-pyrrole nitrogens is 1. The lowest BCUT2D eigenvalue weighted by Crippen LogP contribution is -1.96. The molecule has 0 radical (unpaired) electrons. The van der Waals surface area contributed by atoms with Gasteiger partial charge >= 0.3 is 0 Å². The molecule has 1 aromatic heterocycles. The Hall–Kier alpha value is -2.06. The highest BCUT2D eigenvalue weighted by Gasteiger charge is 2.16. The molecule has 2 nitrogen and oxygen atoms in total. The number of hydrogen-bond acceptors (Lipinski definition) is 2. The van der Waals surface area contributed by atoms with Gasteiger partial charge < -0.3 is 4.98 Å². The third-order valence-corrected chi connectivity index (χ3v) is 2.80. The molecule has 0 aliphatic heterocycles. The van der Waals surface area contributed by atoms with Gasteiger partial charge in [0.15, 0.2) is 0 Å². The average molecular weight is 262 g/mol. The summed E-state index contributed by atoms with van der Waals surface area (Å²) in [6, 6.07) is 12.0. The van der Waals surface area contributed by atoms with E-state index in [1.807, 2.05) is 6.07 Å². The third-order valence-electron chi connectivity index (χ3n) is 2.50. The normalized spacial score (nSPS) is 10.3. The van der Waals surface area contributed by atoms with E-state index in [9.17, 15) is 8.78 Å². The van der Waals surface area contributed by atoms with Crippen molar-refractivity contribution in [3.05, 3.63) is 52.2 Å². The molecular formula is C13H8F2N2S. The molecule has 1 N–H and O–H groups in total. The molecule has 0 saturated carbocycles. The highest BCUT2D eigenvalue weighted by atomic mass is 32.1. The highest BCUT2D eigenvalue weighted by Crippen LogP contribution is 2.27. The van der Waals surface area contributed by atoms with Crippen LogP contribution in [0.2, 0.25) is 0 Å². The van der Waals surface area contributed by atoms with Gasteiger partial charge in [-0.15, -0.1) is 0 Å². The number of halogens is 2. The van der Waals surface area contributed by atoms with Gasteiger partial charge in [-0.3, -0.25) is 0 Å². The standard InChI is InChI=1S/C13H8F2N2S/c14-12(15)9-6-11(8-4-2-1-3-5-8)17-13(18)10(9)7-16/h1-6,12H,(H,17,18). The minimum atomic E-state index is -2.72. The molecule has 0 saturated heterocycles. The maximum atomic E-state index is 12.9. The van der Waals surface area contributed by atoms with E-state index in [-0.39, 0.29) is 15.8 Å². The van der Waals surface area contributed by atoms with Crippen molar-refractivity contribution in [3.8, 4) is 17.3 Å². The van der Waals surface area contributed by atoms with Crippen molar-refractivity contribution >= 4 is 12.2 Å². The fourth-order valence-electron chi connectivity index (χ4n) is 1.64. The maximum absolute atomic E-state index is 12.9. The Bertz CT molecular complexity index is 657. The van der Waals surface area contributed by atoms with E-state index in [4.69, 9.17) is 17.5 Å². The average Bonchev–Trinajstić information content (AvgIpc) is 2.38. The number of aromatic nitrogens is 1. The second-order valence-electron chi connectivity index (χ2n) is 3.62. The van der Waals surface area contributed by atoms with E-state index in [0.717, 1.165) is 5.56 Å². The molecule has 0 unspecified atom stereocenters. The smallest absolute Gasteiger partial charge is 0.265 e. The largest absolute Gasteiger partial charge is 0.345 e. The summed E-state index contributed by atoms with van der Waals surface area (Å²) < 4.78 is 25.8. The van der Waals surface area contributed by atoms with E-state index in [0.29, 0.717) is 5.69 Å². The molecular weight excluding hydrogens is 254 g/mol. The summed E-state index contributed by atoms with van der Waals surface area (Å²) >= 11 is 4.93. The zero-order chi connectivity index (χ0) is 13.1. The Kier molecular flexibility index (Phi) is 3.49. The lowest BCUT2D eigenvalue weighted by atomic mass is 10.1. The number of hydrogen-bond donors (Lipinski definition) is 1. The Morgan fingerprint density at radius 3 is 2.44 bits per heavy atom. The van der Waals surface area contributed by atoms with Gasteiger partial charge in [-0.05, 0) is 11.6 Å². The van der Waals surface area contributed by atoms with E-state index in [1.165, 1.54) is 6.07 Å². The summed E-state index contributed by atoms with van der Waals surface area (Å²) in [7, 11) is 0. The molecule has 0 aliphatic rings. The van der Waals surface area contributed by atoms with Gasteiger partial charge in [0.1, 0.15) is 10.7 Å². The summed E-state index contributed by atoms with van der Waals surface area (Å²) in [6.45, 7) is 0. The van der Waals surface area contributed by atoms with E-state index >= 15 is 0 Å². The number of nitriles is 1. The first-order valence-corrected chi connectivity index (χ1v) is 5.55. The first kappa shape index (κ1) is 12.4. The van der Waals surface area contributed by atoms with Crippen LogP contribution in [0, 0.1) is 16.0 Å². The number of nitrogens with one attached hydrogen (secondary N) is 1. The first-order chi connectivity index (χ1) is 8.63. The molecule has 5 heteroatoms. The van der Waals surface area contributed by atoms with Gasteiger partial charge in [0.05, 0.1) is 5.56 Å². The fraction of sp³-hybridized carbons (Fsp3) is 0.0769. The first-order valence-electron chi connectivity index (χ1n) is 5.14. The molecule has 0 fully saturated rings. The van der Waals surface area contributed by atoms with Crippen molar-refractivity contribution in [2.45, 2.75) is 6.43 Å². The van der Waals surface area contributed by atoms with Crippen LogP contribution in [0.15, 0.2) is 36.4 Å². The monoisotopic (exact) mass is 262 g/mol. The third kappa shape index (κ3) is 2.29. The molecule has 2 rings (SSSR count). The number of pyridine rings is 1. The summed E-state index contributed by atoms with van der Waals surface area (Å²) in [5.41, 5.74) is 0.727. The fourth-order valence-corrected chi connectivity index (χ4v) is 1.91. The van der Waals surface area contributed by atoms with E-state index in [2.05, 4.69) is 4.98 Å². The minimum Gasteiger partial charge on any atom is -0.345 e. The van der Waals surface area contributed by atoms with Crippen LogP contribution >= 0.6 is 12.2 Å². The van der Waals surface area contributed by atoms with Crippen LogP contribution < -0.4 is 0 Å². The maximum Gasteiger partial charge on any atom is 0.265 e. The van der Waals surface area contributed by atoms with Crippen molar-refractivity contribution in [2.24, 2.45) is 0 Å². The second-order valence-corrected chi connectivity index (χ2v) is 4.03. The van der Waals surface area contributed by atoms with Crippen LogP contribution in [0.4, 0.5) is 8.78 Å². The van der Waals surface area contributed by atoms with Crippen molar-refractivity contribution in [3.63, 3.8) is 0 Å². The molecule has 1 heterocycles. The number of nitrogens with zero attached hydrogens (tertiary/aromatic N) is 1. The van der Waals surface area contributed by atoms with Gasteiger partial charge in [0, 0.05) is 11.3 Å². The van der Waals surface area contributed by atoms with Crippen molar-refractivity contribution < 1.29 is 8.78 Å². The molecule has 0 amide bonds. The Morgan fingerprint density at radius 2 is 1.89 bits per heavy atom. The Morgan fingerprint density at radius 1 is 1.22 bits per heavy atom. The predicted octanol–water partition coefficient (Wildman–Crippen LogP) is 4.22. The number of benzene rings is 1. The summed E-state index contributed by atoms with van der Waals surface area (Å²) in [5, 5.41) is 8.84. The molecule has 90 valence electrons. The van der Waals surface area contributed by atoms with Crippen LogP contribution in [-0.2, 0) is 0 Å². The Labute approximate surface area is 108 Å². The number of alkyl halides is 2. The van der Waals surface area contributed by atoms with Crippen LogP contribution in [0.5, 0.6) is 0 Å². The molecule has 18 heavy (non-hydrogen) atoms. The van der Waals surface area contributed by atoms with Crippen LogP contribution in [0.25, 0.3) is 11.3 Å².